The van der Waals surface area contributed by atoms with Gasteiger partial charge in [-0.3, -0.25) is 9.69 Å². The maximum atomic E-state index is 12.7. The molecule has 1 atom stereocenters. The Morgan fingerprint density at radius 1 is 0.853 bits per heavy atom. The number of ether oxygens (including phenoxy) is 2. The summed E-state index contributed by atoms with van der Waals surface area (Å²) in [5.41, 5.74) is 5.08. The number of amides is 1. The van der Waals surface area contributed by atoms with Crippen LogP contribution in [0.2, 0.25) is 0 Å². The summed E-state index contributed by atoms with van der Waals surface area (Å²) >= 11 is 0. The molecule has 4 rings (SSSR count). The number of aliphatic carboxylic acids is 1. The van der Waals surface area contributed by atoms with Crippen molar-refractivity contribution in [3.8, 4) is 11.1 Å². The number of hydrogen-bond donors (Lipinski definition) is 1. The van der Waals surface area contributed by atoms with E-state index in [4.69, 9.17) is 9.47 Å². The van der Waals surface area contributed by atoms with Crippen molar-refractivity contribution in [3.05, 3.63) is 95.6 Å². The van der Waals surface area contributed by atoms with Crippen LogP contribution in [0.15, 0.2) is 78.9 Å². The Morgan fingerprint density at radius 3 is 2.00 bits per heavy atom. The highest BCUT2D eigenvalue weighted by Crippen LogP contribution is 2.44. The first-order valence-corrected chi connectivity index (χ1v) is 11.0. The predicted octanol–water partition coefficient (Wildman–Crippen LogP) is 4.45. The smallest absolute Gasteiger partial charge is 0.410 e. The minimum Gasteiger partial charge on any atom is -0.480 e. The molecule has 1 amide bonds. The number of likely N-dealkylation sites (N-methyl/N-ethyl adjacent to an activating group) is 1. The fraction of sp³-hybridized carbons (Fsp3) is 0.222. The Labute approximate surface area is 197 Å². The average Bonchev–Trinajstić information content (AvgIpc) is 3.18. The number of esters is 1. The minimum absolute atomic E-state index is 0.0284. The number of carboxylic acid groups (broad SMARTS) is 1. The molecule has 1 aliphatic carbocycles. The molecule has 1 N–H and O–H groups in total. The summed E-state index contributed by atoms with van der Waals surface area (Å²) < 4.78 is 10.7. The molecule has 0 spiro atoms. The number of rotatable bonds is 8. The van der Waals surface area contributed by atoms with Crippen molar-refractivity contribution < 1.29 is 29.0 Å². The Hall–Kier alpha value is -4.13. The molecule has 1 unspecified atom stereocenters. The maximum Gasteiger partial charge on any atom is 0.410 e. The lowest BCUT2D eigenvalue weighted by Crippen LogP contribution is -2.44. The van der Waals surface area contributed by atoms with Gasteiger partial charge in [0.15, 0.2) is 0 Å². The zero-order chi connectivity index (χ0) is 24.1. The molecule has 0 saturated carbocycles. The maximum absolute atomic E-state index is 12.7. The number of hydrogen-bond acceptors (Lipinski definition) is 5. The van der Waals surface area contributed by atoms with E-state index in [0.29, 0.717) is 0 Å². The van der Waals surface area contributed by atoms with Gasteiger partial charge in [0.25, 0.3) is 0 Å². The van der Waals surface area contributed by atoms with E-state index in [0.717, 1.165) is 32.7 Å². The Morgan fingerprint density at radius 2 is 1.41 bits per heavy atom. The number of carboxylic acids is 1. The zero-order valence-electron chi connectivity index (χ0n) is 18.7. The van der Waals surface area contributed by atoms with Gasteiger partial charge in [0.05, 0.1) is 6.42 Å². The fourth-order valence-electron chi connectivity index (χ4n) is 4.17. The third kappa shape index (κ3) is 4.93. The number of fused-ring (bicyclic) bond motifs is 3. The van der Waals surface area contributed by atoms with Gasteiger partial charge in [-0.05, 0) is 27.8 Å². The van der Waals surface area contributed by atoms with Crippen molar-refractivity contribution in [2.24, 2.45) is 0 Å². The van der Waals surface area contributed by atoms with Crippen molar-refractivity contribution >= 4 is 18.0 Å². The van der Waals surface area contributed by atoms with E-state index in [9.17, 15) is 19.5 Å². The SMILES string of the molecule is CN(C(=O)OCC1c2ccccc2-c2ccccc21)C(CC(=O)OCc1ccccc1)C(=O)O. The van der Waals surface area contributed by atoms with Crippen LogP contribution in [0.5, 0.6) is 0 Å². The highest BCUT2D eigenvalue weighted by atomic mass is 16.6. The monoisotopic (exact) mass is 459 g/mol. The van der Waals surface area contributed by atoms with E-state index in [1.165, 1.54) is 7.05 Å². The molecule has 0 saturated heterocycles. The Balaban J connectivity index is 1.38. The van der Waals surface area contributed by atoms with Gasteiger partial charge in [-0.1, -0.05) is 78.9 Å². The first-order valence-electron chi connectivity index (χ1n) is 11.0. The fourth-order valence-corrected chi connectivity index (χ4v) is 4.17. The van der Waals surface area contributed by atoms with Crippen LogP contribution in [-0.4, -0.2) is 47.7 Å². The van der Waals surface area contributed by atoms with Gasteiger partial charge in [-0.25, -0.2) is 9.59 Å². The second-order valence-electron chi connectivity index (χ2n) is 8.12. The lowest BCUT2D eigenvalue weighted by Gasteiger charge is -2.24. The van der Waals surface area contributed by atoms with Crippen LogP contribution >= 0.6 is 0 Å². The van der Waals surface area contributed by atoms with Gasteiger partial charge in [0.2, 0.25) is 0 Å². The molecule has 34 heavy (non-hydrogen) atoms. The normalized spacial score (nSPS) is 12.9. The van der Waals surface area contributed by atoms with Gasteiger partial charge >= 0.3 is 18.0 Å². The van der Waals surface area contributed by atoms with Crippen LogP contribution in [0.1, 0.15) is 29.0 Å². The van der Waals surface area contributed by atoms with Crippen LogP contribution in [0, 0.1) is 0 Å². The highest BCUT2D eigenvalue weighted by molar-refractivity contribution is 5.85. The molecule has 0 heterocycles. The van der Waals surface area contributed by atoms with Crippen LogP contribution in [-0.2, 0) is 25.7 Å². The number of carbonyl (C=O) groups excluding carboxylic acids is 2. The van der Waals surface area contributed by atoms with Gasteiger partial charge < -0.3 is 14.6 Å². The minimum atomic E-state index is -1.40. The van der Waals surface area contributed by atoms with E-state index in [1.807, 2.05) is 66.7 Å². The quantitative estimate of drug-likeness (QED) is 0.500. The first-order chi connectivity index (χ1) is 16.5. The molecular weight excluding hydrogens is 434 g/mol. The number of nitrogens with zero attached hydrogens (tertiary/aromatic N) is 1. The van der Waals surface area contributed by atoms with Crippen molar-refractivity contribution in [1.29, 1.82) is 0 Å². The van der Waals surface area contributed by atoms with Crippen molar-refractivity contribution in [2.75, 3.05) is 13.7 Å². The molecule has 0 fully saturated rings. The third-order valence-corrected chi connectivity index (χ3v) is 5.98. The van der Waals surface area contributed by atoms with E-state index >= 15 is 0 Å². The Kier molecular flexibility index (Phi) is 6.92. The van der Waals surface area contributed by atoms with E-state index in [-0.39, 0.29) is 19.1 Å². The van der Waals surface area contributed by atoms with Crippen molar-refractivity contribution in [3.63, 3.8) is 0 Å². The molecule has 0 bridgehead atoms. The molecule has 0 radical (unpaired) electrons. The van der Waals surface area contributed by atoms with E-state index in [2.05, 4.69) is 0 Å². The topological polar surface area (TPSA) is 93.1 Å². The second-order valence-corrected chi connectivity index (χ2v) is 8.12. The first kappa shape index (κ1) is 23.0. The molecule has 3 aromatic carbocycles. The van der Waals surface area contributed by atoms with Crippen molar-refractivity contribution in [2.45, 2.75) is 25.0 Å². The summed E-state index contributed by atoms with van der Waals surface area (Å²) in [6.07, 6.45) is -1.30. The number of benzene rings is 3. The standard InChI is InChI=1S/C27H25NO6/c1-28(24(26(30)31)15-25(29)33-16-18-9-3-2-4-10-18)27(32)34-17-23-21-13-7-5-11-19(21)20-12-6-8-14-22(20)23/h2-14,23-24H,15-17H2,1H3,(H,30,31). The highest BCUT2D eigenvalue weighted by Gasteiger charge is 2.33. The van der Waals surface area contributed by atoms with Gasteiger partial charge in [-0.2, -0.15) is 0 Å². The average molecular weight is 459 g/mol. The predicted molar refractivity (Wildman–Crippen MR) is 125 cm³/mol. The summed E-state index contributed by atoms with van der Waals surface area (Å²) in [5, 5.41) is 9.61. The lowest BCUT2D eigenvalue weighted by atomic mass is 9.98. The number of carbonyl (C=O) groups is 3. The summed E-state index contributed by atoms with van der Waals surface area (Å²) in [6.45, 7) is 0.0860. The van der Waals surface area contributed by atoms with Gasteiger partial charge in [-0.15, -0.1) is 0 Å². The van der Waals surface area contributed by atoms with Gasteiger partial charge in [0.1, 0.15) is 19.3 Å². The molecule has 1 aliphatic rings. The van der Waals surface area contributed by atoms with Crippen LogP contribution < -0.4 is 0 Å². The second kappa shape index (κ2) is 10.2. The molecule has 7 heteroatoms. The molecule has 3 aromatic rings. The van der Waals surface area contributed by atoms with Gasteiger partial charge in [0, 0.05) is 13.0 Å². The summed E-state index contributed by atoms with van der Waals surface area (Å²) in [5.74, 6) is -2.17. The summed E-state index contributed by atoms with van der Waals surface area (Å²) in [7, 11) is 1.31. The van der Waals surface area contributed by atoms with E-state index < -0.39 is 30.5 Å². The zero-order valence-corrected chi connectivity index (χ0v) is 18.7. The third-order valence-electron chi connectivity index (χ3n) is 5.98. The summed E-state index contributed by atoms with van der Waals surface area (Å²) in [6, 6.07) is 23.5. The van der Waals surface area contributed by atoms with Crippen LogP contribution in [0.3, 0.4) is 0 Å². The molecule has 7 nitrogen and oxygen atoms in total. The molecular formula is C27H25NO6. The molecule has 174 valence electrons. The lowest BCUT2D eigenvalue weighted by molar-refractivity contribution is -0.152. The van der Waals surface area contributed by atoms with E-state index in [1.54, 1.807) is 12.1 Å². The molecule has 0 aromatic heterocycles. The van der Waals surface area contributed by atoms with Crippen molar-refractivity contribution in [1.82, 2.24) is 4.90 Å². The van der Waals surface area contributed by atoms with Crippen LogP contribution in [0.4, 0.5) is 4.79 Å². The van der Waals surface area contributed by atoms with Crippen LogP contribution in [0.25, 0.3) is 11.1 Å². The Bertz CT molecular complexity index is 1150. The summed E-state index contributed by atoms with van der Waals surface area (Å²) in [4.78, 5) is 37.7. The largest absolute Gasteiger partial charge is 0.480 e. The molecule has 0 aliphatic heterocycles.